The Balaban J connectivity index is 1.47. The molecule has 1 N–H and O–H groups in total. The molecule has 2 saturated heterocycles. The highest BCUT2D eigenvalue weighted by molar-refractivity contribution is 6.01. The monoisotopic (exact) mass is 460 g/mol. The zero-order chi connectivity index (χ0) is 23.1. The predicted molar refractivity (Wildman–Crippen MR) is 114 cm³/mol. The van der Waals surface area contributed by atoms with Crippen LogP contribution in [0.1, 0.15) is 41.2 Å². The van der Waals surface area contributed by atoms with E-state index in [1.54, 1.807) is 15.6 Å². The first-order valence-electron chi connectivity index (χ1n) is 10.9. The number of ether oxygens (including phenoxy) is 1. The van der Waals surface area contributed by atoms with Crippen molar-refractivity contribution in [2.24, 2.45) is 0 Å². The molecule has 7 nitrogen and oxygen atoms in total. The summed E-state index contributed by atoms with van der Waals surface area (Å²) in [6, 6.07) is 6.98. The standard InChI is InChI=1S/C23H23F3N4O3/c24-19-4-3-16(33-23(25)26)11-17(19)20-2-1-7-29(20)14-5-9-30-21(10-14)18(12-27-30)22(32)28-8-6-15(31)13-28/h3-5,9-12,15,20,23,31H,1-2,6-8,13H2/t15-,20+/m0/s1. The van der Waals surface area contributed by atoms with Gasteiger partial charge in [-0.2, -0.15) is 13.9 Å². The van der Waals surface area contributed by atoms with E-state index < -0.39 is 18.5 Å². The molecule has 0 saturated carbocycles. The normalized spacial score (nSPS) is 20.9. The van der Waals surface area contributed by atoms with Crippen LogP contribution in [0.25, 0.3) is 5.52 Å². The van der Waals surface area contributed by atoms with E-state index in [9.17, 15) is 23.1 Å². The summed E-state index contributed by atoms with van der Waals surface area (Å²) in [6.45, 7) is -1.56. The minimum Gasteiger partial charge on any atom is -0.435 e. The number of anilines is 1. The van der Waals surface area contributed by atoms with Gasteiger partial charge in [0.1, 0.15) is 11.6 Å². The number of alkyl halides is 2. The lowest BCUT2D eigenvalue weighted by atomic mass is 10.0. The van der Waals surface area contributed by atoms with Crippen LogP contribution in [-0.4, -0.2) is 57.9 Å². The van der Waals surface area contributed by atoms with E-state index in [0.717, 1.165) is 18.2 Å². The molecule has 1 amide bonds. The molecule has 2 fully saturated rings. The Kier molecular flexibility index (Phi) is 5.61. The molecule has 2 aromatic heterocycles. The molecule has 33 heavy (non-hydrogen) atoms. The van der Waals surface area contributed by atoms with Crippen molar-refractivity contribution < 1.29 is 27.8 Å². The maximum absolute atomic E-state index is 14.7. The van der Waals surface area contributed by atoms with Crippen molar-refractivity contribution in [1.29, 1.82) is 0 Å². The molecule has 174 valence electrons. The summed E-state index contributed by atoms with van der Waals surface area (Å²) in [6.07, 6.45) is 4.73. The molecular formula is C23H23F3N4O3. The Morgan fingerprint density at radius 2 is 2.03 bits per heavy atom. The van der Waals surface area contributed by atoms with Crippen LogP contribution in [-0.2, 0) is 0 Å². The van der Waals surface area contributed by atoms with Crippen LogP contribution in [0, 0.1) is 5.82 Å². The van der Waals surface area contributed by atoms with Crippen molar-refractivity contribution in [2.75, 3.05) is 24.5 Å². The molecule has 3 aromatic rings. The number of aliphatic hydroxyl groups excluding tert-OH is 1. The fourth-order valence-corrected chi connectivity index (χ4v) is 4.76. The molecule has 10 heteroatoms. The van der Waals surface area contributed by atoms with E-state index in [0.29, 0.717) is 49.1 Å². The van der Waals surface area contributed by atoms with Gasteiger partial charge >= 0.3 is 6.61 Å². The fourth-order valence-electron chi connectivity index (χ4n) is 4.76. The molecule has 5 rings (SSSR count). The highest BCUT2D eigenvalue weighted by Crippen LogP contribution is 2.39. The van der Waals surface area contributed by atoms with Gasteiger partial charge < -0.3 is 19.6 Å². The quantitative estimate of drug-likeness (QED) is 0.630. The number of aromatic nitrogens is 2. The van der Waals surface area contributed by atoms with E-state index in [1.807, 2.05) is 17.0 Å². The number of nitrogens with zero attached hydrogens (tertiary/aromatic N) is 4. The SMILES string of the molecule is O=C(c1cnn2ccc(N3CCC[C@@H]3c3cc(OC(F)F)ccc3F)cc12)N1CC[C@H](O)C1. The first-order chi connectivity index (χ1) is 15.9. The third kappa shape index (κ3) is 4.10. The number of amides is 1. The van der Waals surface area contributed by atoms with Gasteiger partial charge in [0.15, 0.2) is 0 Å². The largest absolute Gasteiger partial charge is 0.435 e. The molecule has 0 spiro atoms. The number of hydrogen-bond acceptors (Lipinski definition) is 5. The van der Waals surface area contributed by atoms with Crippen LogP contribution >= 0.6 is 0 Å². The van der Waals surface area contributed by atoms with Gasteiger partial charge in [0.05, 0.1) is 29.4 Å². The zero-order valence-electron chi connectivity index (χ0n) is 17.7. The average molecular weight is 460 g/mol. The summed E-state index contributed by atoms with van der Waals surface area (Å²) in [5.41, 5.74) is 2.11. The summed E-state index contributed by atoms with van der Waals surface area (Å²) in [5.74, 6) is -0.762. The molecule has 4 heterocycles. The number of halogens is 3. The first kappa shape index (κ1) is 21.6. The van der Waals surface area contributed by atoms with Gasteiger partial charge in [-0.1, -0.05) is 0 Å². The van der Waals surface area contributed by atoms with Crippen molar-refractivity contribution in [1.82, 2.24) is 14.5 Å². The van der Waals surface area contributed by atoms with E-state index in [4.69, 9.17) is 0 Å². The Hall–Kier alpha value is -3.27. The van der Waals surface area contributed by atoms with Gasteiger partial charge in [0.2, 0.25) is 0 Å². The van der Waals surface area contributed by atoms with Crippen LogP contribution < -0.4 is 9.64 Å². The number of benzene rings is 1. The Morgan fingerprint density at radius 3 is 2.79 bits per heavy atom. The molecule has 0 bridgehead atoms. The van der Waals surface area contributed by atoms with Crippen LogP contribution in [0.3, 0.4) is 0 Å². The number of carbonyl (C=O) groups excluding carboxylic acids is 1. The summed E-state index contributed by atoms with van der Waals surface area (Å²) >= 11 is 0. The van der Waals surface area contributed by atoms with Crippen LogP contribution in [0.5, 0.6) is 5.75 Å². The minimum absolute atomic E-state index is 0.0832. The summed E-state index contributed by atoms with van der Waals surface area (Å²) < 4.78 is 46.0. The molecule has 0 aliphatic carbocycles. The van der Waals surface area contributed by atoms with E-state index in [-0.39, 0.29) is 17.7 Å². The smallest absolute Gasteiger partial charge is 0.387 e. The number of rotatable bonds is 5. The van der Waals surface area contributed by atoms with E-state index in [1.165, 1.54) is 18.3 Å². The topological polar surface area (TPSA) is 70.3 Å². The van der Waals surface area contributed by atoms with Gasteiger partial charge in [-0.05, 0) is 49.6 Å². The Labute approximate surface area is 188 Å². The highest BCUT2D eigenvalue weighted by atomic mass is 19.3. The van der Waals surface area contributed by atoms with Gasteiger partial charge in [-0.3, -0.25) is 4.79 Å². The second kappa shape index (κ2) is 8.58. The van der Waals surface area contributed by atoms with E-state index in [2.05, 4.69) is 9.84 Å². The lowest BCUT2D eigenvalue weighted by Gasteiger charge is -2.28. The highest BCUT2D eigenvalue weighted by Gasteiger charge is 2.31. The van der Waals surface area contributed by atoms with Crippen molar-refractivity contribution in [3.05, 3.63) is 59.7 Å². The van der Waals surface area contributed by atoms with Gasteiger partial charge in [-0.15, -0.1) is 0 Å². The second-order valence-electron chi connectivity index (χ2n) is 8.38. The number of pyridine rings is 1. The maximum atomic E-state index is 14.7. The maximum Gasteiger partial charge on any atom is 0.387 e. The fraction of sp³-hybridized carbons (Fsp3) is 0.391. The second-order valence-corrected chi connectivity index (χ2v) is 8.38. The molecular weight excluding hydrogens is 437 g/mol. The summed E-state index contributed by atoms with van der Waals surface area (Å²) in [5, 5.41) is 14.0. The molecule has 2 aliphatic heterocycles. The number of carbonyl (C=O) groups is 1. The van der Waals surface area contributed by atoms with Gasteiger partial charge in [0.25, 0.3) is 5.91 Å². The number of fused-ring (bicyclic) bond motifs is 1. The summed E-state index contributed by atoms with van der Waals surface area (Å²) in [4.78, 5) is 16.6. The van der Waals surface area contributed by atoms with Crippen molar-refractivity contribution in [2.45, 2.75) is 38.0 Å². The lowest BCUT2D eigenvalue weighted by Crippen LogP contribution is -2.29. The molecule has 2 aliphatic rings. The third-order valence-electron chi connectivity index (χ3n) is 6.32. The Morgan fingerprint density at radius 1 is 1.18 bits per heavy atom. The van der Waals surface area contributed by atoms with Crippen LogP contribution in [0.15, 0.2) is 42.7 Å². The number of β-amino-alcohol motifs (C(OH)–C–C–N with tert-alkyl or cyclic N) is 1. The van der Waals surface area contributed by atoms with Crippen molar-refractivity contribution >= 4 is 17.1 Å². The Bertz CT molecular complexity index is 1180. The van der Waals surface area contributed by atoms with Crippen molar-refractivity contribution in [3.8, 4) is 5.75 Å². The van der Waals surface area contributed by atoms with Crippen molar-refractivity contribution in [3.63, 3.8) is 0 Å². The number of likely N-dealkylation sites (tertiary alicyclic amines) is 1. The average Bonchev–Trinajstić information content (AvgIpc) is 3.53. The number of hydrogen-bond donors (Lipinski definition) is 1. The van der Waals surface area contributed by atoms with Gasteiger partial charge in [-0.25, -0.2) is 8.91 Å². The van der Waals surface area contributed by atoms with Crippen LogP contribution in [0.4, 0.5) is 18.9 Å². The van der Waals surface area contributed by atoms with Crippen LogP contribution in [0.2, 0.25) is 0 Å². The first-order valence-corrected chi connectivity index (χ1v) is 10.9. The third-order valence-corrected chi connectivity index (χ3v) is 6.32. The summed E-state index contributed by atoms with van der Waals surface area (Å²) in [7, 11) is 0. The minimum atomic E-state index is -2.99. The number of aliphatic hydroxyl groups is 1. The zero-order valence-corrected chi connectivity index (χ0v) is 17.7. The molecule has 0 radical (unpaired) electrons. The molecule has 1 aromatic carbocycles. The molecule has 2 atom stereocenters. The lowest BCUT2D eigenvalue weighted by molar-refractivity contribution is -0.0499. The predicted octanol–water partition coefficient (Wildman–Crippen LogP) is 3.62. The van der Waals surface area contributed by atoms with E-state index >= 15 is 0 Å². The van der Waals surface area contributed by atoms with Gasteiger partial charge in [0, 0.05) is 37.1 Å². The molecule has 0 unspecified atom stereocenters.